The third-order valence-corrected chi connectivity index (χ3v) is 8.14. The van der Waals surface area contributed by atoms with Gasteiger partial charge in [0.25, 0.3) is 11.8 Å². The Morgan fingerprint density at radius 1 is 0.844 bits per heavy atom. The number of halogens is 1. The Balaban J connectivity index is 1.34. The van der Waals surface area contributed by atoms with E-state index in [2.05, 4.69) is 21.2 Å². The molecule has 0 saturated heterocycles. The van der Waals surface area contributed by atoms with Gasteiger partial charge in [-0.15, -0.1) is 0 Å². The molecule has 0 aliphatic heterocycles. The standard InChI is InChI=1S/C32H30ClN5O6S/c1-23(39)35-27-12-16-30(17-13-27)45(42,43)38(20-25-6-3-2-4-7-25)21-31(40)37-34-19-24-10-14-29(15-11-24)44-22-32(41)36-28-9-5-8-26(33)18-28/h2-19H,20-22H2,1H3,(H,35,39)(H,36,41)(H,37,40)/b34-19+. The van der Waals surface area contributed by atoms with Crippen LogP contribution >= 0.6 is 11.6 Å². The van der Waals surface area contributed by atoms with Crippen molar-refractivity contribution in [2.75, 3.05) is 23.8 Å². The van der Waals surface area contributed by atoms with Crippen LogP contribution < -0.4 is 20.8 Å². The predicted molar refractivity (Wildman–Crippen MR) is 173 cm³/mol. The van der Waals surface area contributed by atoms with Crippen LogP contribution in [0.5, 0.6) is 5.75 Å². The fourth-order valence-electron chi connectivity index (χ4n) is 4.01. The lowest BCUT2D eigenvalue weighted by atomic mass is 10.2. The monoisotopic (exact) mass is 647 g/mol. The smallest absolute Gasteiger partial charge is 0.262 e. The summed E-state index contributed by atoms with van der Waals surface area (Å²) in [5.74, 6) is -0.834. The Hall–Kier alpha value is -5.04. The van der Waals surface area contributed by atoms with E-state index in [1.807, 2.05) is 6.07 Å². The fraction of sp³-hybridized carbons (Fsp3) is 0.125. The third-order valence-electron chi connectivity index (χ3n) is 6.10. The number of hydrazone groups is 1. The normalized spacial score (nSPS) is 11.3. The molecule has 0 aromatic heterocycles. The highest BCUT2D eigenvalue weighted by atomic mass is 35.5. The molecule has 0 saturated carbocycles. The van der Waals surface area contributed by atoms with Gasteiger partial charge in [-0.1, -0.05) is 48.0 Å². The molecule has 4 aromatic rings. The number of benzene rings is 4. The largest absolute Gasteiger partial charge is 0.484 e. The summed E-state index contributed by atoms with van der Waals surface area (Å²) in [6, 6.07) is 28.0. The summed E-state index contributed by atoms with van der Waals surface area (Å²) in [6.45, 7) is 0.598. The number of hydrogen-bond acceptors (Lipinski definition) is 7. The van der Waals surface area contributed by atoms with Crippen LogP contribution in [0.3, 0.4) is 0 Å². The van der Waals surface area contributed by atoms with Crippen molar-refractivity contribution < 1.29 is 27.5 Å². The number of carbonyl (C=O) groups is 3. The number of hydrogen-bond donors (Lipinski definition) is 3. The average molecular weight is 648 g/mol. The van der Waals surface area contributed by atoms with Gasteiger partial charge in [0, 0.05) is 29.9 Å². The summed E-state index contributed by atoms with van der Waals surface area (Å²) in [4.78, 5) is 36.2. The maximum absolute atomic E-state index is 13.5. The molecule has 0 fully saturated rings. The molecular formula is C32H30ClN5O6S. The van der Waals surface area contributed by atoms with Crippen LogP contribution in [0.2, 0.25) is 5.02 Å². The van der Waals surface area contributed by atoms with Gasteiger partial charge in [-0.05, 0) is 77.9 Å². The van der Waals surface area contributed by atoms with Crippen molar-refractivity contribution in [3.63, 3.8) is 0 Å². The molecule has 0 radical (unpaired) electrons. The predicted octanol–water partition coefficient (Wildman–Crippen LogP) is 4.66. The van der Waals surface area contributed by atoms with Gasteiger partial charge in [0.1, 0.15) is 5.75 Å². The van der Waals surface area contributed by atoms with Crippen LogP contribution in [0.1, 0.15) is 18.1 Å². The van der Waals surface area contributed by atoms with Crippen LogP contribution in [0, 0.1) is 0 Å². The van der Waals surface area contributed by atoms with E-state index in [0.717, 1.165) is 4.31 Å². The first kappa shape index (κ1) is 32.9. The third kappa shape index (κ3) is 10.3. The van der Waals surface area contributed by atoms with E-state index >= 15 is 0 Å². The second-order valence-electron chi connectivity index (χ2n) is 9.67. The molecule has 232 valence electrons. The van der Waals surface area contributed by atoms with Gasteiger partial charge in [0.05, 0.1) is 17.7 Å². The van der Waals surface area contributed by atoms with E-state index in [0.29, 0.717) is 33.3 Å². The number of amides is 3. The zero-order valence-electron chi connectivity index (χ0n) is 24.1. The second-order valence-corrected chi connectivity index (χ2v) is 12.0. The molecule has 0 aliphatic rings. The highest BCUT2D eigenvalue weighted by Gasteiger charge is 2.27. The minimum Gasteiger partial charge on any atom is -0.484 e. The van der Waals surface area contributed by atoms with E-state index in [-0.39, 0.29) is 29.9 Å². The van der Waals surface area contributed by atoms with Crippen molar-refractivity contribution in [2.45, 2.75) is 18.4 Å². The van der Waals surface area contributed by atoms with Gasteiger partial charge in [0.2, 0.25) is 15.9 Å². The molecule has 4 rings (SSSR count). The Labute approximate surface area is 265 Å². The maximum atomic E-state index is 13.5. The molecule has 0 unspecified atom stereocenters. The number of sulfonamides is 1. The van der Waals surface area contributed by atoms with Gasteiger partial charge in [-0.3, -0.25) is 14.4 Å². The van der Waals surface area contributed by atoms with Crippen molar-refractivity contribution in [1.29, 1.82) is 0 Å². The van der Waals surface area contributed by atoms with Crippen LogP contribution in [-0.2, 0) is 31.0 Å². The van der Waals surface area contributed by atoms with Crippen molar-refractivity contribution in [3.8, 4) is 5.75 Å². The number of nitrogens with zero attached hydrogens (tertiary/aromatic N) is 2. The molecular weight excluding hydrogens is 618 g/mol. The minimum absolute atomic E-state index is 0.0342. The molecule has 0 aliphatic carbocycles. The Morgan fingerprint density at radius 2 is 1.56 bits per heavy atom. The maximum Gasteiger partial charge on any atom is 0.262 e. The van der Waals surface area contributed by atoms with Crippen LogP contribution in [0.15, 0.2) is 113 Å². The number of nitrogens with one attached hydrogen (secondary N) is 3. The van der Waals surface area contributed by atoms with Gasteiger partial charge >= 0.3 is 0 Å². The van der Waals surface area contributed by atoms with Crippen LogP contribution in [0.4, 0.5) is 11.4 Å². The SMILES string of the molecule is CC(=O)Nc1ccc(S(=O)(=O)N(CC(=O)N/N=C/c2ccc(OCC(=O)Nc3cccc(Cl)c3)cc2)Cc2ccccc2)cc1. The molecule has 0 spiro atoms. The van der Waals surface area contributed by atoms with E-state index in [1.165, 1.54) is 37.4 Å². The van der Waals surface area contributed by atoms with E-state index in [1.54, 1.807) is 72.8 Å². The Morgan fingerprint density at radius 3 is 2.22 bits per heavy atom. The quantitative estimate of drug-likeness (QED) is 0.142. The molecule has 3 N–H and O–H groups in total. The molecule has 11 nitrogen and oxygen atoms in total. The van der Waals surface area contributed by atoms with Gasteiger partial charge < -0.3 is 15.4 Å². The highest BCUT2D eigenvalue weighted by Crippen LogP contribution is 2.21. The van der Waals surface area contributed by atoms with Gasteiger partial charge in [-0.25, -0.2) is 13.8 Å². The summed E-state index contributed by atoms with van der Waals surface area (Å²) in [5.41, 5.74) is 4.69. The molecule has 0 atom stereocenters. The Bertz CT molecular complexity index is 1770. The van der Waals surface area contributed by atoms with E-state index in [4.69, 9.17) is 16.3 Å². The van der Waals surface area contributed by atoms with Crippen molar-refractivity contribution in [2.24, 2.45) is 5.10 Å². The molecule has 4 aromatic carbocycles. The first-order valence-corrected chi connectivity index (χ1v) is 15.4. The fourth-order valence-corrected chi connectivity index (χ4v) is 5.59. The Kier molecular flexibility index (Phi) is 11.4. The van der Waals surface area contributed by atoms with Crippen molar-refractivity contribution in [1.82, 2.24) is 9.73 Å². The summed E-state index contributed by atoms with van der Waals surface area (Å²) in [7, 11) is -4.09. The second kappa shape index (κ2) is 15.6. The zero-order valence-corrected chi connectivity index (χ0v) is 25.7. The summed E-state index contributed by atoms with van der Waals surface area (Å²) >= 11 is 5.93. The number of carbonyl (C=O) groups excluding carboxylic acids is 3. The topological polar surface area (TPSA) is 146 Å². The molecule has 3 amide bonds. The number of anilines is 2. The first-order chi connectivity index (χ1) is 21.6. The van der Waals surface area contributed by atoms with Gasteiger partial charge in [0.15, 0.2) is 6.61 Å². The lowest BCUT2D eigenvalue weighted by molar-refractivity contribution is -0.121. The average Bonchev–Trinajstić information content (AvgIpc) is 3.01. The lowest BCUT2D eigenvalue weighted by Gasteiger charge is -2.21. The highest BCUT2D eigenvalue weighted by molar-refractivity contribution is 7.89. The summed E-state index contributed by atoms with van der Waals surface area (Å²) in [5, 5.41) is 9.74. The van der Waals surface area contributed by atoms with E-state index in [9.17, 15) is 22.8 Å². The van der Waals surface area contributed by atoms with Crippen LogP contribution in [0.25, 0.3) is 0 Å². The molecule has 13 heteroatoms. The first-order valence-electron chi connectivity index (χ1n) is 13.6. The van der Waals surface area contributed by atoms with E-state index < -0.39 is 22.5 Å². The number of ether oxygens (including phenoxy) is 1. The van der Waals surface area contributed by atoms with Crippen molar-refractivity contribution in [3.05, 3.63) is 119 Å². The molecule has 45 heavy (non-hydrogen) atoms. The van der Waals surface area contributed by atoms with Crippen LogP contribution in [-0.4, -0.2) is 49.8 Å². The van der Waals surface area contributed by atoms with Crippen molar-refractivity contribution >= 4 is 56.9 Å². The summed E-state index contributed by atoms with van der Waals surface area (Å²) < 4.78 is 33.6. The lowest BCUT2D eigenvalue weighted by Crippen LogP contribution is -2.39. The number of rotatable bonds is 13. The zero-order chi connectivity index (χ0) is 32.2. The van der Waals surface area contributed by atoms with Gasteiger partial charge in [-0.2, -0.15) is 9.41 Å². The molecule has 0 bridgehead atoms. The molecule has 0 heterocycles. The minimum atomic E-state index is -4.09. The summed E-state index contributed by atoms with van der Waals surface area (Å²) in [6.07, 6.45) is 1.39.